The van der Waals surface area contributed by atoms with E-state index in [0.717, 1.165) is 11.1 Å². The molecular weight excluding hydrogens is 268 g/mol. The molecule has 4 heteroatoms. The normalized spacial score (nSPS) is 12.6. The Bertz CT molecular complexity index is 483. The Hall–Kier alpha value is -1.84. The number of hydrogen-bond acceptors (Lipinski definition) is 4. The molecule has 0 fully saturated rings. The van der Waals surface area contributed by atoms with Crippen molar-refractivity contribution >= 4 is 11.9 Å². The third-order valence-corrected chi connectivity index (χ3v) is 2.95. The van der Waals surface area contributed by atoms with Gasteiger partial charge in [-0.15, -0.1) is 0 Å². The Kier molecular flexibility index (Phi) is 5.94. The van der Waals surface area contributed by atoms with Gasteiger partial charge in [0.05, 0.1) is 19.4 Å². The molecule has 0 amide bonds. The number of hydrogen-bond donors (Lipinski definition) is 0. The number of carbonyl (C=O) groups is 2. The van der Waals surface area contributed by atoms with E-state index in [4.69, 9.17) is 4.74 Å². The van der Waals surface area contributed by atoms with Crippen LogP contribution >= 0.6 is 0 Å². The van der Waals surface area contributed by atoms with Crippen LogP contribution < -0.4 is 0 Å². The molecule has 0 saturated carbocycles. The van der Waals surface area contributed by atoms with Crippen LogP contribution in [-0.2, 0) is 31.9 Å². The van der Waals surface area contributed by atoms with Gasteiger partial charge in [-0.25, -0.2) is 0 Å². The first kappa shape index (κ1) is 17.2. The van der Waals surface area contributed by atoms with Gasteiger partial charge >= 0.3 is 11.9 Å². The van der Waals surface area contributed by atoms with Crippen molar-refractivity contribution in [2.45, 2.75) is 46.1 Å². The van der Waals surface area contributed by atoms with Crippen molar-refractivity contribution in [3.8, 4) is 0 Å². The molecule has 1 aromatic rings. The van der Waals surface area contributed by atoms with E-state index in [1.807, 2.05) is 52.0 Å². The van der Waals surface area contributed by atoms with Crippen LogP contribution in [0.3, 0.4) is 0 Å². The molecule has 1 unspecified atom stereocenters. The van der Waals surface area contributed by atoms with E-state index in [1.165, 1.54) is 7.11 Å². The highest BCUT2D eigenvalue weighted by Gasteiger charge is 2.21. The maximum atomic E-state index is 11.9. The average Bonchev–Trinajstić information content (AvgIpc) is 2.38. The molecule has 0 spiro atoms. The van der Waals surface area contributed by atoms with Crippen LogP contribution in [0.25, 0.3) is 0 Å². The highest BCUT2D eigenvalue weighted by Crippen LogP contribution is 2.16. The van der Waals surface area contributed by atoms with Gasteiger partial charge in [-0.3, -0.25) is 9.59 Å². The summed E-state index contributed by atoms with van der Waals surface area (Å²) >= 11 is 0. The number of benzene rings is 1. The minimum Gasteiger partial charge on any atom is -0.469 e. The van der Waals surface area contributed by atoms with Crippen molar-refractivity contribution in [2.75, 3.05) is 7.11 Å². The molecular formula is C17H24O4. The van der Waals surface area contributed by atoms with Gasteiger partial charge in [0, 0.05) is 0 Å². The van der Waals surface area contributed by atoms with Crippen LogP contribution in [0.1, 0.15) is 38.8 Å². The topological polar surface area (TPSA) is 52.6 Å². The second-order valence-corrected chi connectivity index (χ2v) is 6.21. The Balaban J connectivity index is 2.59. The molecule has 0 aliphatic carbocycles. The van der Waals surface area contributed by atoms with Crippen LogP contribution in [0.4, 0.5) is 0 Å². The van der Waals surface area contributed by atoms with E-state index >= 15 is 0 Å². The first-order chi connectivity index (χ1) is 9.71. The van der Waals surface area contributed by atoms with Gasteiger partial charge in [0.1, 0.15) is 5.60 Å². The van der Waals surface area contributed by atoms with Gasteiger partial charge in [0.25, 0.3) is 0 Å². The first-order valence-corrected chi connectivity index (χ1v) is 7.09. The summed E-state index contributed by atoms with van der Waals surface area (Å²) in [5.74, 6) is -0.651. The number of methoxy groups -OCH3 is 1. The largest absolute Gasteiger partial charge is 0.469 e. The molecule has 0 saturated heterocycles. The molecule has 116 valence electrons. The lowest BCUT2D eigenvalue weighted by molar-refractivity contribution is -0.159. The highest BCUT2D eigenvalue weighted by atomic mass is 16.6. The smallest absolute Gasteiger partial charge is 0.309 e. The summed E-state index contributed by atoms with van der Waals surface area (Å²) in [4.78, 5) is 23.1. The number of rotatable bonds is 5. The monoisotopic (exact) mass is 292 g/mol. The average molecular weight is 292 g/mol. The molecule has 21 heavy (non-hydrogen) atoms. The molecule has 0 aliphatic heterocycles. The molecule has 0 radical (unpaired) electrons. The maximum absolute atomic E-state index is 11.9. The predicted octanol–water partition coefficient (Wildman–Crippen LogP) is 2.92. The maximum Gasteiger partial charge on any atom is 0.309 e. The molecule has 0 aliphatic rings. The fraction of sp³-hybridized carbons (Fsp3) is 0.529. The fourth-order valence-corrected chi connectivity index (χ4v) is 1.87. The summed E-state index contributed by atoms with van der Waals surface area (Å²) in [6.45, 7) is 7.44. The van der Waals surface area contributed by atoms with E-state index in [0.29, 0.717) is 6.42 Å². The Morgan fingerprint density at radius 1 is 1.10 bits per heavy atom. The van der Waals surface area contributed by atoms with Crippen molar-refractivity contribution in [3.63, 3.8) is 0 Å². The first-order valence-electron chi connectivity index (χ1n) is 7.09. The van der Waals surface area contributed by atoms with Crippen LogP contribution in [0.5, 0.6) is 0 Å². The lowest BCUT2D eigenvalue weighted by atomic mass is 9.99. The van der Waals surface area contributed by atoms with Gasteiger partial charge in [0.2, 0.25) is 0 Å². The van der Waals surface area contributed by atoms with Crippen molar-refractivity contribution in [1.82, 2.24) is 0 Å². The molecule has 1 aromatic carbocycles. The SMILES string of the molecule is COC(=O)Cc1ccc(CC(C)C(=O)OC(C)(C)C)cc1. The van der Waals surface area contributed by atoms with E-state index in [2.05, 4.69) is 4.74 Å². The summed E-state index contributed by atoms with van der Waals surface area (Å²) in [5, 5.41) is 0. The lowest BCUT2D eigenvalue weighted by Crippen LogP contribution is -2.28. The number of carbonyl (C=O) groups excluding carboxylic acids is 2. The van der Waals surface area contributed by atoms with Gasteiger partial charge < -0.3 is 9.47 Å². The van der Waals surface area contributed by atoms with Gasteiger partial charge in [-0.05, 0) is 38.3 Å². The number of esters is 2. The molecule has 1 rings (SSSR count). The van der Waals surface area contributed by atoms with Gasteiger partial charge in [-0.2, -0.15) is 0 Å². The molecule has 0 bridgehead atoms. The van der Waals surface area contributed by atoms with Gasteiger partial charge in [-0.1, -0.05) is 31.2 Å². The summed E-state index contributed by atoms with van der Waals surface area (Å²) in [7, 11) is 1.37. The molecule has 0 aromatic heterocycles. The van der Waals surface area contributed by atoms with E-state index < -0.39 is 5.60 Å². The fourth-order valence-electron chi connectivity index (χ4n) is 1.87. The van der Waals surface area contributed by atoms with Crippen molar-refractivity contribution in [3.05, 3.63) is 35.4 Å². The Morgan fingerprint density at radius 2 is 1.62 bits per heavy atom. The third-order valence-electron chi connectivity index (χ3n) is 2.95. The highest BCUT2D eigenvalue weighted by molar-refractivity contribution is 5.73. The Morgan fingerprint density at radius 3 is 2.10 bits per heavy atom. The molecule has 4 nitrogen and oxygen atoms in total. The van der Waals surface area contributed by atoms with E-state index in [1.54, 1.807) is 0 Å². The molecule has 0 heterocycles. The molecule has 1 atom stereocenters. The Labute approximate surface area is 126 Å². The third kappa shape index (κ3) is 6.43. The standard InChI is InChI=1S/C17H24O4/c1-12(16(19)21-17(2,3)4)10-13-6-8-14(9-7-13)11-15(18)20-5/h6-9,12H,10-11H2,1-5H3. The second-order valence-electron chi connectivity index (χ2n) is 6.21. The minimum atomic E-state index is -0.463. The predicted molar refractivity (Wildman–Crippen MR) is 80.9 cm³/mol. The van der Waals surface area contributed by atoms with Crippen LogP contribution in [0.2, 0.25) is 0 Å². The van der Waals surface area contributed by atoms with Crippen molar-refractivity contribution in [2.24, 2.45) is 5.92 Å². The minimum absolute atomic E-state index is 0.193. The number of ether oxygens (including phenoxy) is 2. The molecule has 0 N–H and O–H groups in total. The second kappa shape index (κ2) is 7.25. The summed E-state index contributed by atoms with van der Waals surface area (Å²) in [6.07, 6.45) is 0.881. The zero-order valence-electron chi connectivity index (χ0n) is 13.4. The summed E-state index contributed by atoms with van der Waals surface area (Å²) in [5.41, 5.74) is 1.48. The van der Waals surface area contributed by atoms with Crippen molar-refractivity contribution < 1.29 is 19.1 Å². The van der Waals surface area contributed by atoms with Crippen molar-refractivity contribution in [1.29, 1.82) is 0 Å². The summed E-state index contributed by atoms with van der Waals surface area (Å²) in [6, 6.07) is 7.63. The van der Waals surface area contributed by atoms with E-state index in [9.17, 15) is 9.59 Å². The van der Waals surface area contributed by atoms with Crippen LogP contribution in [0, 0.1) is 5.92 Å². The zero-order valence-corrected chi connectivity index (χ0v) is 13.4. The summed E-state index contributed by atoms with van der Waals surface area (Å²) < 4.78 is 9.99. The van der Waals surface area contributed by atoms with Gasteiger partial charge in [0.15, 0.2) is 0 Å². The lowest BCUT2D eigenvalue weighted by Gasteiger charge is -2.22. The van der Waals surface area contributed by atoms with Crippen LogP contribution in [0.15, 0.2) is 24.3 Å². The zero-order chi connectivity index (χ0) is 16.0. The van der Waals surface area contributed by atoms with Crippen LogP contribution in [-0.4, -0.2) is 24.6 Å². The quantitative estimate of drug-likeness (QED) is 0.783. The van der Waals surface area contributed by atoms with E-state index in [-0.39, 0.29) is 24.3 Å².